The molecule has 0 atom stereocenters. The number of methoxy groups -OCH3 is 2. The lowest BCUT2D eigenvalue weighted by atomic mass is 10.1. The molecule has 0 saturated heterocycles. The quantitative estimate of drug-likeness (QED) is 0.518. The van der Waals surface area contributed by atoms with Gasteiger partial charge < -0.3 is 29.2 Å². The molecule has 0 aliphatic carbocycles. The Morgan fingerprint density at radius 1 is 0.938 bits per heavy atom. The van der Waals surface area contributed by atoms with Crippen molar-refractivity contribution >= 4 is 23.7 Å². The first kappa shape index (κ1) is 22.8. The third-order valence-electron chi connectivity index (χ3n) is 4.73. The van der Waals surface area contributed by atoms with E-state index in [4.69, 9.17) is 18.9 Å². The summed E-state index contributed by atoms with van der Waals surface area (Å²) < 4.78 is 20.2. The van der Waals surface area contributed by atoms with Gasteiger partial charge in [0.05, 0.1) is 26.4 Å². The molecule has 0 radical (unpaired) electrons. The van der Waals surface area contributed by atoms with Gasteiger partial charge in [0.15, 0.2) is 0 Å². The molecule has 0 aromatic heterocycles. The molecule has 0 unspecified atom stereocenters. The highest BCUT2D eigenvalue weighted by Crippen LogP contribution is 2.27. The van der Waals surface area contributed by atoms with E-state index in [0.29, 0.717) is 5.69 Å². The predicted octanol–water partition coefficient (Wildman–Crippen LogP) is 2.51. The number of nitrogens with zero attached hydrogens (tertiary/aromatic N) is 1. The zero-order valence-corrected chi connectivity index (χ0v) is 17.8. The van der Waals surface area contributed by atoms with Crippen LogP contribution < -0.4 is 10.2 Å². The fourth-order valence-corrected chi connectivity index (χ4v) is 3.09. The smallest absolute Gasteiger partial charge is 0.407 e. The first-order valence-corrected chi connectivity index (χ1v) is 9.82. The van der Waals surface area contributed by atoms with Crippen molar-refractivity contribution in [1.82, 2.24) is 5.32 Å². The maximum atomic E-state index is 12.3. The van der Waals surface area contributed by atoms with E-state index in [2.05, 4.69) is 5.32 Å². The van der Waals surface area contributed by atoms with Crippen LogP contribution in [0.25, 0.3) is 0 Å². The van der Waals surface area contributed by atoms with E-state index in [0.717, 1.165) is 11.1 Å². The zero-order chi connectivity index (χ0) is 22.9. The first-order valence-electron chi connectivity index (χ1n) is 9.82. The largest absolute Gasteiger partial charge is 0.466 e. The van der Waals surface area contributed by atoms with Gasteiger partial charge in [0, 0.05) is 12.2 Å². The number of carbonyl (C=O) groups excluding carboxylic acids is 3. The minimum atomic E-state index is -0.666. The molecule has 1 aliphatic heterocycles. The Balaban J connectivity index is 1.64. The minimum absolute atomic E-state index is 0.0549. The van der Waals surface area contributed by atoms with Crippen LogP contribution in [0.5, 0.6) is 0 Å². The normalized spacial score (nSPS) is 13.4. The first-order chi connectivity index (χ1) is 15.5. The molecule has 9 heteroatoms. The van der Waals surface area contributed by atoms with Gasteiger partial charge in [-0.1, -0.05) is 42.5 Å². The molecule has 0 saturated carbocycles. The number of anilines is 1. The number of hydrogen-bond acceptors (Lipinski definition) is 8. The molecular formula is C23H24N2O7. The van der Waals surface area contributed by atoms with Gasteiger partial charge in [-0.05, 0) is 23.3 Å². The summed E-state index contributed by atoms with van der Waals surface area (Å²) in [5.41, 5.74) is 2.48. The average Bonchev–Trinajstić information content (AvgIpc) is 2.85. The van der Waals surface area contributed by atoms with Crippen molar-refractivity contribution in [3.05, 3.63) is 77.0 Å². The Kier molecular flexibility index (Phi) is 7.82. The van der Waals surface area contributed by atoms with E-state index in [1.54, 1.807) is 24.3 Å². The van der Waals surface area contributed by atoms with E-state index >= 15 is 0 Å². The van der Waals surface area contributed by atoms with Crippen LogP contribution >= 0.6 is 0 Å². The number of amides is 1. The topological polar surface area (TPSA) is 103 Å². The third-order valence-corrected chi connectivity index (χ3v) is 4.73. The zero-order valence-electron chi connectivity index (χ0n) is 17.8. The molecule has 1 N–H and O–H groups in total. The molecule has 2 aromatic rings. The van der Waals surface area contributed by atoms with Crippen LogP contribution in [0.1, 0.15) is 11.1 Å². The standard InChI is InChI=1S/C23H24N2O7/c1-29-21(26)19-14-31-15-25(20(19)22(27)30-2)18-10-8-16(9-11-18)12-24-23(28)32-13-17-6-4-3-5-7-17/h3-11H,12-15H2,1-2H3,(H,24,28). The molecule has 9 nitrogen and oxygen atoms in total. The number of ether oxygens (including phenoxy) is 4. The molecule has 0 bridgehead atoms. The van der Waals surface area contributed by atoms with Crippen LogP contribution in [-0.4, -0.2) is 45.6 Å². The van der Waals surface area contributed by atoms with Gasteiger partial charge in [-0.2, -0.15) is 0 Å². The number of benzene rings is 2. The van der Waals surface area contributed by atoms with E-state index in [9.17, 15) is 14.4 Å². The molecule has 0 fully saturated rings. The van der Waals surface area contributed by atoms with Gasteiger partial charge >= 0.3 is 18.0 Å². The second-order valence-corrected chi connectivity index (χ2v) is 6.80. The number of hydrogen-bond donors (Lipinski definition) is 1. The van der Waals surface area contributed by atoms with Crippen molar-refractivity contribution in [3.8, 4) is 0 Å². The third kappa shape index (κ3) is 5.64. The SMILES string of the molecule is COC(=O)C1=C(C(=O)OC)N(c2ccc(CNC(=O)OCc3ccccc3)cc2)COC1. The Morgan fingerprint density at radius 2 is 1.62 bits per heavy atom. The van der Waals surface area contributed by atoms with Crippen molar-refractivity contribution < 1.29 is 33.3 Å². The number of alkyl carbamates (subject to hydrolysis) is 1. The van der Waals surface area contributed by atoms with E-state index < -0.39 is 18.0 Å². The Labute approximate surface area is 185 Å². The molecule has 2 aromatic carbocycles. The molecule has 32 heavy (non-hydrogen) atoms. The predicted molar refractivity (Wildman–Crippen MR) is 114 cm³/mol. The highest BCUT2D eigenvalue weighted by Gasteiger charge is 2.32. The molecule has 1 aliphatic rings. The van der Waals surface area contributed by atoms with Gasteiger partial charge in [-0.3, -0.25) is 0 Å². The number of rotatable bonds is 7. The second kappa shape index (κ2) is 11.0. The summed E-state index contributed by atoms with van der Waals surface area (Å²) in [7, 11) is 2.47. The van der Waals surface area contributed by atoms with Crippen LogP contribution in [0.15, 0.2) is 65.9 Å². The van der Waals surface area contributed by atoms with E-state index in [1.807, 2.05) is 30.3 Å². The number of nitrogens with one attached hydrogen (secondary N) is 1. The molecule has 1 heterocycles. The molecule has 3 rings (SSSR count). The molecule has 1 amide bonds. The fraction of sp³-hybridized carbons (Fsp3) is 0.261. The molecular weight excluding hydrogens is 416 g/mol. The maximum Gasteiger partial charge on any atom is 0.407 e. The van der Waals surface area contributed by atoms with Gasteiger partial charge in [0.2, 0.25) is 0 Å². The minimum Gasteiger partial charge on any atom is -0.466 e. The molecule has 168 valence electrons. The lowest BCUT2D eigenvalue weighted by molar-refractivity contribution is -0.140. The van der Waals surface area contributed by atoms with Crippen molar-refractivity contribution in [2.45, 2.75) is 13.2 Å². The van der Waals surface area contributed by atoms with E-state index in [-0.39, 0.29) is 37.8 Å². The summed E-state index contributed by atoms with van der Waals surface area (Å²) in [6.45, 7) is 0.457. The summed E-state index contributed by atoms with van der Waals surface area (Å²) in [6.07, 6.45) is -0.527. The van der Waals surface area contributed by atoms with Crippen molar-refractivity contribution in [3.63, 3.8) is 0 Å². The van der Waals surface area contributed by atoms with Crippen molar-refractivity contribution in [1.29, 1.82) is 0 Å². The lowest BCUT2D eigenvalue weighted by Gasteiger charge is -2.31. The van der Waals surface area contributed by atoms with Gasteiger partial charge in [-0.25, -0.2) is 14.4 Å². The summed E-state index contributed by atoms with van der Waals surface area (Å²) in [5.74, 6) is -1.33. The van der Waals surface area contributed by atoms with Crippen LogP contribution in [0.4, 0.5) is 10.5 Å². The summed E-state index contributed by atoms with van der Waals surface area (Å²) in [6, 6.07) is 16.5. The monoisotopic (exact) mass is 440 g/mol. The van der Waals surface area contributed by atoms with E-state index in [1.165, 1.54) is 19.1 Å². The number of esters is 2. The maximum absolute atomic E-state index is 12.3. The number of carbonyl (C=O) groups is 3. The van der Waals surface area contributed by atoms with Crippen LogP contribution in [0.3, 0.4) is 0 Å². The fourth-order valence-electron chi connectivity index (χ4n) is 3.09. The average molecular weight is 440 g/mol. The van der Waals surface area contributed by atoms with Crippen molar-refractivity contribution in [2.75, 3.05) is 32.5 Å². The Hall–Kier alpha value is -3.85. The molecule has 0 spiro atoms. The highest BCUT2D eigenvalue weighted by molar-refractivity contribution is 6.03. The summed E-state index contributed by atoms with van der Waals surface area (Å²) >= 11 is 0. The van der Waals surface area contributed by atoms with Crippen LogP contribution in [0.2, 0.25) is 0 Å². The van der Waals surface area contributed by atoms with Gasteiger partial charge in [0.1, 0.15) is 19.0 Å². The summed E-state index contributed by atoms with van der Waals surface area (Å²) in [5, 5.41) is 2.69. The lowest BCUT2D eigenvalue weighted by Crippen LogP contribution is -2.38. The van der Waals surface area contributed by atoms with Crippen molar-refractivity contribution in [2.24, 2.45) is 0 Å². The Bertz CT molecular complexity index is 987. The second-order valence-electron chi connectivity index (χ2n) is 6.80. The van der Waals surface area contributed by atoms with Gasteiger partial charge in [-0.15, -0.1) is 0 Å². The van der Waals surface area contributed by atoms with Crippen LogP contribution in [-0.2, 0) is 41.7 Å². The Morgan fingerprint density at radius 3 is 2.28 bits per heavy atom. The highest BCUT2D eigenvalue weighted by atomic mass is 16.6. The summed E-state index contributed by atoms with van der Waals surface area (Å²) in [4.78, 5) is 37.9. The van der Waals surface area contributed by atoms with Gasteiger partial charge in [0.25, 0.3) is 0 Å². The van der Waals surface area contributed by atoms with Crippen LogP contribution in [0, 0.1) is 0 Å².